The number of amides is 2. The van der Waals surface area contributed by atoms with E-state index in [4.69, 9.17) is 11.6 Å². The molecule has 0 saturated carbocycles. The summed E-state index contributed by atoms with van der Waals surface area (Å²) in [5.41, 5.74) is -3.73. The van der Waals surface area contributed by atoms with Crippen LogP contribution >= 0.6 is 27.5 Å². The van der Waals surface area contributed by atoms with Crippen LogP contribution in [-0.4, -0.2) is 78.2 Å². The number of aromatic nitrogens is 1. The van der Waals surface area contributed by atoms with Gasteiger partial charge in [0.1, 0.15) is 11.0 Å². The molecule has 0 radical (unpaired) electrons. The molecule has 2 amide bonds. The highest BCUT2D eigenvalue weighted by molar-refractivity contribution is 9.10. The average molecular weight is 646 g/mol. The molecule has 40 heavy (non-hydrogen) atoms. The van der Waals surface area contributed by atoms with Crippen molar-refractivity contribution in [2.24, 2.45) is 11.8 Å². The number of benzene rings is 1. The number of piperidine rings is 2. The van der Waals surface area contributed by atoms with Crippen LogP contribution in [0.25, 0.3) is 0 Å². The quantitative estimate of drug-likeness (QED) is 0.421. The fraction of sp³-hybridized carbons (Fsp3) is 0.536. The normalized spacial score (nSPS) is 18.9. The zero-order valence-corrected chi connectivity index (χ0v) is 24.8. The third kappa shape index (κ3) is 6.41. The monoisotopic (exact) mass is 644 g/mol. The van der Waals surface area contributed by atoms with Crippen molar-refractivity contribution in [2.75, 3.05) is 45.2 Å². The highest BCUT2D eigenvalue weighted by Crippen LogP contribution is 2.42. The molecular weight excluding hydrogens is 613 g/mol. The van der Waals surface area contributed by atoms with E-state index in [2.05, 4.69) is 25.8 Å². The second-order valence-electron chi connectivity index (χ2n) is 10.8. The first kappa shape index (κ1) is 30.6. The minimum atomic E-state index is -5.16. The van der Waals surface area contributed by atoms with E-state index in [-0.39, 0.29) is 24.1 Å². The van der Waals surface area contributed by atoms with E-state index >= 15 is 0 Å². The van der Waals surface area contributed by atoms with E-state index in [0.29, 0.717) is 34.7 Å². The van der Waals surface area contributed by atoms with Gasteiger partial charge in [-0.2, -0.15) is 13.2 Å². The third-order valence-electron chi connectivity index (χ3n) is 7.94. The molecule has 12 heteroatoms. The number of rotatable bonds is 6. The summed E-state index contributed by atoms with van der Waals surface area (Å²) in [5.74, 6) is -0.0362. The van der Waals surface area contributed by atoms with Crippen LogP contribution in [-0.2, 0) is 10.4 Å². The molecule has 3 heterocycles. The predicted octanol–water partition coefficient (Wildman–Crippen LogP) is 5.49. The summed E-state index contributed by atoms with van der Waals surface area (Å²) in [6.45, 7) is 1.93. The van der Waals surface area contributed by atoms with Gasteiger partial charge < -0.3 is 19.8 Å². The molecule has 7 nitrogen and oxygen atoms in total. The van der Waals surface area contributed by atoms with Gasteiger partial charge in [-0.25, -0.2) is 4.98 Å². The van der Waals surface area contributed by atoms with Gasteiger partial charge in [0.2, 0.25) is 0 Å². The number of halogens is 5. The fourth-order valence-electron chi connectivity index (χ4n) is 5.59. The van der Waals surface area contributed by atoms with Crippen molar-refractivity contribution in [3.63, 3.8) is 0 Å². The van der Waals surface area contributed by atoms with Gasteiger partial charge in [-0.1, -0.05) is 39.7 Å². The van der Waals surface area contributed by atoms with Gasteiger partial charge in [-0.15, -0.1) is 0 Å². The molecule has 2 aliphatic heterocycles. The SMILES string of the molecule is CN(C)C(=O)c1ccc(N2CCC(CC3CCN(C(=O)C(O)(c4cccc(Br)c4)C(F)(F)F)CC3)CC2)nc1Cl. The van der Waals surface area contributed by atoms with E-state index in [0.717, 1.165) is 55.2 Å². The zero-order chi connectivity index (χ0) is 29.2. The first-order valence-corrected chi connectivity index (χ1v) is 14.5. The van der Waals surface area contributed by atoms with Gasteiger partial charge >= 0.3 is 6.18 Å². The molecule has 2 aliphatic rings. The summed E-state index contributed by atoms with van der Waals surface area (Å²) in [7, 11) is 3.32. The highest BCUT2D eigenvalue weighted by atomic mass is 79.9. The molecular formula is C28H33BrClF3N4O3. The van der Waals surface area contributed by atoms with Gasteiger partial charge in [0, 0.05) is 50.3 Å². The molecule has 1 unspecified atom stereocenters. The summed E-state index contributed by atoms with van der Waals surface area (Å²) < 4.78 is 42.4. The lowest BCUT2D eigenvalue weighted by atomic mass is 9.82. The lowest BCUT2D eigenvalue weighted by Gasteiger charge is -2.40. The Balaban J connectivity index is 1.30. The van der Waals surface area contributed by atoms with Gasteiger partial charge in [-0.3, -0.25) is 9.59 Å². The number of anilines is 1. The maximum atomic E-state index is 14.0. The number of nitrogens with zero attached hydrogens (tertiary/aromatic N) is 4. The van der Waals surface area contributed by atoms with Gasteiger partial charge in [0.05, 0.1) is 5.56 Å². The number of hydrogen-bond donors (Lipinski definition) is 1. The Morgan fingerprint density at radius 2 is 1.65 bits per heavy atom. The van der Waals surface area contributed by atoms with E-state index in [1.807, 2.05) is 6.07 Å². The third-order valence-corrected chi connectivity index (χ3v) is 8.72. The van der Waals surface area contributed by atoms with Crippen molar-refractivity contribution in [1.29, 1.82) is 0 Å². The fourth-order valence-corrected chi connectivity index (χ4v) is 6.22. The van der Waals surface area contributed by atoms with Crippen LogP contribution in [0.1, 0.15) is 48.0 Å². The van der Waals surface area contributed by atoms with Crippen LogP contribution in [0.5, 0.6) is 0 Å². The Morgan fingerprint density at radius 3 is 2.17 bits per heavy atom. The van der Waals surface area contributed by atoms with Crippen LogP contribution in [0, 0.1) is 11.8 Å². The standard InChI is InChI=1S/C28H33BrClF3N4O3/c1-35(2)25(38)22-6-7-23(34-24(22)30)36-12-8-18(9-13-36)16-19-10-14-37(15-11-19)26(39)27(40,28(31,32)33)20-4-3-5-21(29)17-20/h3-7,17-19,40H,8-16H2,1-2H3. The Morgan fingerprint density at radius 1 is 1.05 bits per heavy atom. The Labute approximate surface area is 245 Å². The average Bonchev–Trinajstić information content (AvgIpc) is 2.92. The molecule has 1 N–H and O–H groups in total. The van der Waals surface area contributed by atoms with Crippen LogP contribution in [0.15, 0.2) is 40.9 Å². The number of hydrogen-bond acceptors (Lipinski definition) is 5. The van der Waals surface area contributed by atoms with Crippen LogP contribution < -0.4 is 4.90 Å². The van der Waals surface area contributed by atoms with E-state index in [9.17, 15) is 27.9 Å². The number of alkyl halides is 3. The molecule has 1 atom stereocenters. The zero-order valence-electron chi connectivity index (χ0n) is 22.4. The second-order valence-corrected chi connectivity index (χ2v) is 12.1. The maximum Gasteiger partial charge on any atom is 0.430 e. The number of carbonyl (C=O) groups is 2. The first-order valence-electron chi connectivity index (χ1n) is 13.3. The van der Waals surface area contributed by atoms with Crippen molar-refractivity contribution >= 4 is 45.2 Å². The number of likely N-dealkylation sites (tertiary alicyclic amines) is 1. The first-order chi connectivity index (χ1) is 18.8. The maximum absolute atomic E-state index is 14.0. The topological polar surface area (TPSA) is 77.0 Å². The Hall–Kier alpha value is -2.37. The van der Waals surface area contributed by atoms with Gasteiger partial charge in [0.15, 0.2) is 0 Å². The summed E-state index contributed by atoms with van der Waals surface area (Å²) in [6.07, 6.45) is -1.15. The second kappa shape index (κ2) is 12.2. The minimum absolute atomic E-state index is 0.176. The molecule has 1 aromatic heterocycles. The van der Waals surface area contributed by atoms with Crippen LogP contribution in [0.4, 0.5) is 19.0 Å². The molecule has 2 aromatic rings. The molecule has 2 saturated heterocycles. The minimum Gasteiger partial charge on any atom is -0.369 e. The molecule has 4 rings (SSSR count). The smallest absolute Gasteiger partial charge is 0.369 e. The summed E-state index contributed by atoms with van der Waals surface area (Å²) in [5, 5.41) is 10.9. The van der Waals surface area contributed by atoms with Gasteiger partial charge in [0.25, 0.3) is 17.4 Å². The number of aliphatic hydroxyl groups is 1. The van der Waals surface area contributed by atoms with E-state index < -0.39 is 23.2 Å². The van der Waals surface area contributed by atoms with Crippen molar-refractivity contribution in [3.05, 3.63) is 57.2 Å². The molecule has 0 spiro atoms. The number of pyridine rings is 1. The highest BCUT2D eigenvalue weighted by Gasteiger charge is 2.62. The van der Waals surface area contributed by atoms with Crippen molar-refractivity contribution in [2.45, 2.75) is 43.9 Å². The summed E-state index contributed by atoms with van der Waals surface area (Å²) >= 11 is 9.41. The Kier molecular flexibility index (Phi) is 9.36. The Bertz CT molecular complexity index is 1230. The van der Waals surface area contributed by atoms with E-state index in [1.54, 1.807) is 20.2 Å². The van der Waals surface area contributed by atoms with Crippen LogP contribution in [0.2, 0.25) is 5.15 Å². The lowest BCUT2D eigenvalue weighted by molar-refractivity contribution is -0.262. The lowest BCUT2D eigenvalue weighted by Crippen LogP contribution is -2.57. The van der Waals surface area contributed by atoms with Crippen molar-refractivity contribution in [3.8, 4) is 0 Å². The molecule has 2 fully saturated rings. The molecule has 218 valence electrons. The molecule has 0 bridgehead atoms. The molecule has 1 aromatic carbocycles. The van der Waals surface area contributed by atoms with Gasteiger partial charge in [-0.05, 0) is 68.2 Å². The summed E-state index contributed by atoms with van der Waals surface area (Å²) in [4.78, 5) is 34.5. The van der Waals surface area contributed by atoms with Crippen LogP contribution in [0.3, 0.4) is 0 Å². The van der Waals surface area contributed by atoms with Crippen molar-refractivity contribution in [1.82, 2.24) is 14.8 Å². The largest absolute Gasteiger partial charge is 0.430 e. The summed E-state index contributed by atoms with van der Waals surface area (Å²) in [6, 6.07) is 8.67. The molecule has 0 aliphatic carbocycles. The number of carbonyl (C=O) groups excluding carboxylic acids is 2. The predicted molar refractivity (Wildman–Crippen MR) is 150 cm³/mol. The van der Waals surface area contributed by atoms with Crippen molar-refractivity contribution < 1.29 is 27.9 Å². The van der Waals surface area contributed by atoms with E-state index in [1.165, 1.54) is 17.0 Å².